The molecule has 1 aromatic heterocycles. The van der Waals surface area contributed by atoms with Gasteiger partial charge in [-0.25, -0.2) is 9.78 Å². The van der Waals surface area contributed by atoms with E-state index in [4.69, 9.17) is 14.2 Å². The summed E-state index contributed by atoms with van der Waals surface area (Å²) in [5, 5.41) is 5.95. The summed E-state index contributed by atoms with van der Waals surface area (Å²) in [6, 6.07) is 11.3. The van der Waals surface area contributed by atoms with E-state index >= 15 is 0 Å². The Bertz CT molecular complexity index is 1460. The largest absolute Gasteiger partial charge is 0.467 e. The van der Waals surface area contributed by atoms with E-state index in [1.807, 2.05) is 58.0 Å². The highest BCUT2D eigenvalue weighted by Gasteiger charge is 2.43. The van der Waals surface area contributed by atoms with Crippen molar-refractivity contribution in [3.63, 3.8) is 0 Å². The number of carbonyl (C=O) groups is 4. The number of carbonyl (C=O) groups excluding carboxylic acids is 4. The molecule has 2 aromatic rings. The smallest absolute Gasteiger partial charge is 0.328 e. The first-order valence-corrected chi connectivity index (χ1v) is 18.2. The molecule has 3 unspecified atom stereocenters. The van der Waals surface area contributed by atoms with E-state index in [0.717, 1.165) is 18.4 Å². The average Bonchev–Trinajstić information content (AvgIpc) is 3.62. The zero-order valence-electron chi connectivity index (χ0n) is 32.1. The van der Waals surface area contributed by atoms with E-state index in [-0.39, 0.29) is 48.2 Å². The summed E-state index contributed by atoms with van der Waals surface area (Å²) in [5.41, 5.74) is 0.872. The van der Waals surface area contributed by atoms with Gasteiger partial charge in [0.25, 0.3) is 0 Å². The lowest BCUT2D eigenvalue weighted by Crippen LogP contribution is -2.56. The van der Waals surface area contributed by atoms with Crippen molar-refractivity contribution in [3.8, 4) is 0 Å². The quantitative estimate of drug-likeness (QED) is 0.159. The molecule has 2 heterocycles. The Morgan fingerprint density at radius 1 is 1.00 bits per heavy atom. The lowest BCUT2D eigenvalue weighted by Gasteiger charge is -2.41. The molecular weight excluding hydrogens is 669 g/mol. The third-order valence-electron chi connectivity index (χ3n) is 10.3. The van der Waals surface area contributed by atoms with Crippen LogP contribution in [0.2, 0.25) is 0 Å². The zero-order valence-corrected chi connectivity index (χ0v) is 32.1. The monoisotopic (exact) mass is 727 g/mol. The van der Waals surface area contributed by atoms with Gasteiger partial charge in [-0.1, -0.05) is 77.4 Å². The number of amides is 3. The van der Waals surface area contributed by atoms with Gasteiger partial charge in [0.1, 0.15) is 17.9 Å². The van der Waals surface area contributed by atoms with Crippen LogP contribution in [-0.4, -0.2) is 110 Å². The molecule has 13 heteroatoms. The average molecular weight is 728 g/mol. The van der Waals surface area contributed by atoms with Crippen LogP contribution >= 0.6 is 0 Å². The normalized spacial score (nSPS) is 18.4. The summed E-state index contributed by atoms with van der Waals surface area (Å²) in [6.07, 6.45) is 1.06. The van der Waals surface area contributed by atoms with Crippen LogP contribution in [0.3, 0.4) is 0 Å². The fourth-order valence-electron chi connectivity index (χ4n) is 7.18. The molecule has 1 aliphatic rings. The molecule has 52 heavy (non-hydrogen) atoms. The number of hydrogen-bond acceptors (Lipinski definition) is 9. The van der Waals surface area contributed by atoms with E-state index in [9.17, 15) is 23.6 Å². The van der Waals surface area contributed by atoms with Gasteiger partial charge in [-0.2, -0.15) is 4.39 Å². The molecular formula is C39H58FN5O7. The summed E-state index contributed by atoms with van der Waals surface area (Å²) in [7, 11) is 6.06. The minimum absolute atomic E-state index is 0.00333. The topological polar surface area (TPSA) is 139 Å². The van der Waals surface area contributed by atoms with E-state index in [1.165, 1.54) is 26.4 Å². The first-order chi connectivity index (χ1) is 24.8. The molecule has 1 fully saturated rings. The van der Waals surface area contributed by atoms with Crippen molar-refractivity contribution in [1.82, 2.24) is 20.1 Å². The van der Waals surface area contributed by atoms with Gasteiger partial charge in [-0.15, -0.1) is 0 Å². The van der Waals surface area contributed by atoms with Crippen LogP contribution in [0.5, 0.6) is 0 Å². The lowest BCUT2D eigenvalue weighted by molar-refractivity contribution is -0.148. The van der Waals surface area contributed by atoms with Crippen molar-refractivity contribution in [2.24, 2.45) is 17.8 Å². The highest BCUT2D eigenvalue weighted by atomic mass is 19.1. The van der Waals surface area contributed by atoms with Crippen molar-refractivity contribution >= 4 is 29.5 Å². The third-order valence-corrected chi connectivity index (χ3v) is 10.3. The number of pyridine rings is 1. The number of nitrogens with zero attached hydrogens (tertiary/aromatic N) is 3. The molecule has 3 amide bonds. The molecule has 0 radical (unpaired) electrons. The van der Waals surface area contributed by atoms with Gasteiger partial charge >= 0.3 is 5.97 Å². The Balaban J connectivity index is 1.78. The standard InChI is InChI=1S/C39H58FN5O7/c1-10-25(4)35(44(6)38(48)34(24(2)3)43-32-20-14-19-31(40)42-32)30(50-7)23-33(46)45-21-15-18-29(45)36(51-8)26(5)37(47)41-28(39(49)52-9)22-27-16-12-11-13-17-27/h11-14,16-17,19-20,24-26,28-30,34-36H,10,15,18,21-23H2,1-9H3,(H,41,47)(H,42,43)/t25-,26+,28?,29?,30+,34?,35-,36+/m0/s1. The Morgan fingerprint density at radius 3 is 2.27 bits per heavy atom. The third kappa shape index (κ3) is 11.0. The SMILES string of the molecule is CC[C@H](C)[C@@H]([C@@H](CC(=O)N1CCCC1[C@H](OC)[C@@H](C)C(=O)NC(Cc1ccccc1)C(=O)OC)OC)N(C)C(=O)C(Nc1cccc(F)n1)C(C)C. The number of methoxy groups -OCH3 is 3. The van der Waals surface area contributed by atoms with Crippen molar-refractivity contribution in [3.05, 3.63) is 60.0 Å². The molecule has 0 spiro atoms. The number of benzene rings is 1. The Kier molecular flexibility index (Phi) is 16.5. The summed E-state index contributed by atoms with van der Waals surface area (Å²) in [4.78, 5) is 61.7. The number of nitrogens with one attached hydrogen (secondary N) is 2. The maximum absolute atomic E-state index is 14.1. The number of esters is 1. The zero-order chi connectivity index (χ0) is 38.5. The van der Waals surface area contributed by atoms with Crippen molar-refractivity contribution in [1.29, 1.82) is 0 Å². The Hall–Kier alpha value is -4.10. The van der Waals surface area contributed by atoms with Gasteiger partial charge in [-0.3, -0.25) is 14.4 Å². The predicted octanol–water partition coefficient (Wildman–Crippen LogP) is 4.48. The lowest BCUT2D eigenvalue weighted by atomic mass is 9.89. The van der Waals surface area contributed by atoms with Crippen LogP contribution in [0, 0.1) is 23.7 Å². The van der Waals surface area contributed by atoms with Gasteiger partial charge < -0.3 is 34.6 Å². The van der Waals surface area contributed by atoms with Crippen LogP contribution < -0.4 is 10.6 Å². The van der Waals surface area contributed by atoms with Crippen LogP contribution in [0.4, 0.5) is 10.2 Å². The molecule has 1 aliphatic heterocycles. The van der Waals surface area contributed by atoms with E-state index in [1.54, 1.807) is 36.9 Å². The minimum Gasteiger partial charge on any atom is -0.467 e. The Morgan fingerprint density at radius 2 is 1.69 bits per heavy atom. The molecule has 12 nitrogen and oxygen atoms in total. The predicted molar refractivity (Wildman–Crippen MR) is 197 cm³/mol. The summed E-state index contributed by atoms with van der Waals surface area (Å²) < 4.78 is 30.7. The molecule has 0 bridgehead atoms. The van der Waals surface area contributed by atoms with E-state index < -0.39 is 54.2 Å². The molecule has 1 saturated heterocycles. The van der Waals surface area contributed by atoms with Crippen LogP contribution in [0.1, 0.15) is 65.9 Å². The number of hydrogen-bond donors (Lipinski definition) is 2. The fourth-order valence-corrected chi connectivity index (χ4v) is 7.18. The second-order valence-electron chi connectivity index (χ2n) is 14.1. The first-order valence-electron chi connectivity index (χ1n) is 18.2. The van der Waals surface area contributed by atoms with Crippen molar-refractivity contribution < 1.29 is 37.8 Å². The number of anilines is 1. The number of halogens is 1. The Labute approximate surface area is 308 Å². The maximum Gasteiger partial charge on any atom is 0.328 e. The molecule has 8 atom stereocenters. The van der Waals surface area contributed by atoms with Gasteiger partial charge in [-0.05, 0) is 42.4 Å². The van der Waals surface area contributed by atoms with Crippen LogP contribution in [0.25, 0.3) is 0 Å². The van der Waals surface area contributed by atoms with E-state index in [0.29, 0.717) is 13.0 Å². The van der Waals surface area contributed by atoms with Crippen molar-refractivity contribution in [2.45, 2.75) is 103 Å². The highest BCUT2D eigenvalue weighted by Crippen LogP contribution is 2.30. The number of likely N-dealkylation sites (N-methyl/N-ethyl adjacent to an activating group) is 1. The van der Waals surface area contributed by atoms with Gasteiger partial charge in [0.2, 0.25) is 23.7 Å². The molecule has 1 aromatic carbocycles. The minimum atomic E-state index is -0.892. The van der Waals surface area contributed by atoms with Gasteiger partial charge in [0.05, 0.1) is 43.7 Å². The molecule has 2 N–H and O–H groups in total. The van der Waals surface area contributed by atoms with Gasteiger partial charge in [0.15, 0.2) is 0 Å². The van der Waals surface area contributed by atoms with Crippen LogP contribution in [0.15, 0.2) is 48.5 Å². The number of aromatic nitrogens is 1. The second kappa shape index (κ2) is 20.2. The van der Waals surface area contributed by atoms with Gasteiger partial charge in [0, 0.05) is 34.2 Å². The second-order valence-corrected chi connectivity index (χ2v) is 14.1. The summed E-state index contributed by atoms with van der Waals surface area (Å²) in [5.74, 6) is -2.61. The fraction of sp³-hybridized carbons (Fsp3) is 0.615. The van der Waals surface area contributed by atoms with Crippen LogP contribution in [-0.2, 0) is 39.8 Å². The summed E-state index contributed by atoms with van der Waals surface area (Å²) in [6.45, 7) is 10.1. The highest BCUT2D eigenvalue weighted by molar-refractivity contribution is 5.87. The number of likely N-dealkylation sites (tertiary alicyclic amines) is 1. The molecule has 288 valence electrons. The molecule has 0 aliphatic carbocycles. The number of ether oxygens (including phenoxy) is 3. The first kappa shape index (κ1) is 42.3. The summed E-state index contributed by atoms with van der Waals surface area (Å²) >= 11 is 0. The molecule has 3 rings (SSSR count). The van der Waals surface area contributed by atoms with E-state index in [2.05, 4.69) is 15.6 Å². The maximum atomic E-state index is 14.1. The molecule has 0 saturated carbocycles. The number of rotatable bonds is 19. The van der Waals surface area contributed by atoms with Crippen molar-refractivity contribution in [2.75, 3.05) is 40.2 Å².